The van der Waals surface area contributed by atoms with E-state index >= 15 is 0 Å². The summed E-state index contributed by atoms with van der Waals surface area (Å²) in [5, 5.41) is 22.7. The Morgan fingerprint density at radius 2 is 2.30 bits per heavy atom. The van der Waals surface area contributed by atoms with Gasteiger partial charge in [0.2, 0.25) is 0 Å². The van der Waals surface area contributed by atoms with Gasteiger partial charge >= 0.3 is 0 Å². The van der Waals surface area contributed by atoms with Crippen LogP contribution >= 0.6 is 0 Å². The van der Waals surface area contributed by atoms with Crippen LogP contribution in [0.4, 0.5) is 0 Å². The van der Waals surface area contributed by atoms with E-state index in [1.165, 1.54) is 6.42 Å². The van der Waals surface area contributed by atoms with Crippen molar-refractivity contribution in [2.75, 3.05) is 6.54 Å². The normalized spacial score (nSPS) is 27.8. The number of benzene rings is 1. The minimum atomic E-state index is -0.207. The van der Waals surface area contributed by atoms with Crippen LogP contribution in [-0.2, 0) is 0 Å². The second kappa shape index (κ2) is 6.39. The standard InChI is InChI=1S/C17H24N2O/c1-13(15-7-5-6-14(10-15)11-18)19-12-17(2)9-4-3-8-16(17)20/h5-7,10,13,16,19-20H,3-4,8-9,12H2,1-2H3. The van der Waals surface area contributed by atoms with Gasteiger partial charge in [0.25, 0.3) is 0 Å². The van der Waals surface area contributed by atoms with E-state index in [1.54, 1.807) is 0 Å². The van der Waals surface area contributed by atoms with Gasteiger partial charge < -0.3 is 10.4 Å². The van der Waals surface area contributed by atoms with Crippen LogP contribution in [0.15, 0.2) is 24.3 Å². The third-order valence-corrected chi connectivity index (χ3v) is 4.61. The Morgan fingerprint density at radius 1 is 1.50 bits per heavy atom. The molecule has 0 radical (unpaired) electrons. The third kappa shape index (κ3) is 3.39. The second-order valence-electron chi connectivity index (χ2n) is 6.26. The van der Waals surface area contributed by atoms with Gasteiger partial charge in [0.05, 0.1) is 17.7 Å². The van der Waals surface area contributed by atoms with Crippen molar-refractivity contribution in [3.05, 3.63) is 35.4 Å². The van der Waals surface area contributed by atoms with E-state index in [1.807, 2.05) is 24.3 Å². The van der Waals surface area contributed by atoms with Gasteiger partial charge in [-0.1, -0.05) is 31.9 Å². The molecular formula is C17H24N2O. The summed E-state index contributed by atoms with van der Waals surface area (Å²) in [7, 11) is 0. The SMILES string of the molecule is CC(NCC1(C)CCCCC1O)c1cccc(C#N)c1. The quantitative estimate of drug-likeness (QED) is 0.885. The summed E-state index contributed by atoms with van der Waals surface area (Å²) in [6, 6.07) is 10.1. The van der Waals surface area contributed by atoms with Crippen LogP contribution < -0.4 is 5.32 Å². The molecule has 3 heteroatoms. The van der Waals surface area contributed by atoms with E-state index in [9.17, 15) is 5.11 Å². The molecule has 0 spiro atoms. The molecule has 3 atom stereocenters. The maximum atomic E-state index is 10.2. The van der Waals surface area contributed by atoms with Gasteiger partial charge in [-0.3, -0.25) is 0 Å². The maximum Gasteiger partial charge on any atom is 0.0991 e. The van der Waals surface area contributed by atoms with Crippen molar-refractivity contribution in [3.8, 4) is 6.07 Å². The monoisotopic (exact) mass is 272 g/mol. The smallest absolute Gasteiger partial charge is 0.0991 e. The molecule has 20 heavy (non-hydrogen) atoms. The highest BCUT2D eigenvalue weighted by molar-refractivity contribution is 5.34. The summed E-state index contributed by atoms with van der Waals surface area (Å²) >= 11 is 0. The molecule has 1 saturated carbocycles. The number of rotatable bonds is 4. The van der Waals surface area contributed by atoms with Gasteiger partial charge in [0, 0.05) is 18.0 Å². The molecule has 3 nitrogen and oxygen atoms in total. The molecule has 0 amide bonds. The molecule has 1 aliphatic rings. The molecule has 0 bridgehead atoms. The van der Waals surface area contributed by atoms with E-state index in [0.29, 0.717) is 5.56 Å². The summed E-state index contributed by atoms with van der Waals surface area (Å²) in [5.41, 5.74) is 1.79. The lowest BCUT2D eigenvalue weighted by atomic mass is 9.73. The van der Waals surface area contributed by atoms with Crippen molar-refractivity contribution in [3.63, 3.8) is 0 Å². The Kier molecular flexibility index (Phi) is 4.80. The van der Waals surface area contributed by atoms with E-state index in [2.05, 4.69) is 25.2 Å². The number of nitrogens with one attached hydrogen (secondary N) is 1. The van der Waals surface area contributed by atoms with Crippen LogP contribution in [-0.4, -0.2) is 17.8 Å². The number of hydrogen-bond donors (Lipinski definition) is 2. The second-order valence-corrected chi connectivity index (χ2v) is 6.26. The molecule has 1 aromatic carbocycles. The molecule has 108 valence electrons. The summed E-state index contributed by atoms with van der Waals surface area (Å²) in [5.74, 6) is 0. The predicted octanol–water partition coefficient (Wildman–Crippen LogP) is 3.15. The molecule has 0 aliphatic heterocycles. The van der Waals surface area contributed by atoms with Crippen LogP contribution in [0.1, 0.15) is 56.7 Å². The Bertz CT molecular complexity index is 494. The predicted molar refractivity (Wildman–Crippen MR) is 80.2 cm³/mol. The minimum absolute atomic E-state index is 0.0284. The summed E-state index contributed by atoms with van der Waals surface area (Å²) in [4.78, 5) is 0. The third-order valence-electron chi connectivity index (χ3n) is 4.61. The van der Waals surface area contributed by atoms with Gasteiger partial charge in [-0.25, -0.2) is 0 Å². The lowest BCUT2D eigenvalue weighted by Gasteiger charge is -2.39. The van der Waals surface area contributed by atoms with Crippen LogP contribution in [0, 0.1) is 16.7 Å². The Morgan fingerprint density at radius 3 is 3.00 bits per heavy atom. The Labute approximate surface area is 121 Å². The number of aliphatic hydroxyl groups excluding tert-OH is 1. The molecule has 0 heterocycles. The molecule has 2 N–H and O–H groups in total. The van der Waals surface area contributed by atoms with Gasteiger partial charge in [-0.05, 0) is 37.5 Å². The first-order valence-corrected chi connectivity index (χ1v) is 7.47. The van der Waals surface area contributed by atoms with Crippen molar-refractivity contribution in [1.82, 2.24) is 5.32 Å². The molecule has 0 aromatic heterocycles. The largest absolute Gasteiger partial charge is 0.393 e. The van der Waals surface area contributed by atoms with Gasteiger partial charge in [-0.2, -0.15) is 5.26 Å². The topological polar surface area (TPSA) is 56.0 Å². The molecular weight excluding hydrogens is 248 g/mol. The zero-order chi connectivity index (χ0) is 14.6. The zero-order valence-corrected chi connectivity index (χ0v) is 12.4. The lowest BCUT2D eigenvalue weighted by Crippen LogP contribution is -2.44. The van der Waals surface area contributed by atoms with Crippen LogP contribution in [0.25, 0.3) is 0 Å². The zero-order valence-electron chi connectivity index (χ0n) is 12.4. The first kappa shape index (κ1) is 15.0. The summed E-state index contributed by atoms with van der Waals surface area (Å²) in [6.45, 7) is 5.09. The highest BCUT2D eigenvalue weighted by Gasteiger charge is 2.35. The van der Waals surface area contributed by atoms with Gasteiger partial charge in [0.15, 0.2) is 0 Å². The van der Waals surface area contributed by atoms with Gasteiger partial charge in [0.1, 0.15) is 0 Å². The fourth-order valence-electron chi connectivity index (χ4n) is 2.97. The molecule has 1 fully saturated rings. The van der Waals surface area contributed by atoms with Crippen molar-refractivity contribution in [2.24, 2.45) is 5.41 Å². The van der Waals surface area contributed by atoms with Gasteiger partial charge in [-0.15, -0.1) is 0 Å². The molecule has 1 aromatic rings. The first-order chi connectivity index (χ1) is 9.55. The van der Waals surface area contributed by atoms with Crippen molar-refractivity contribution < 1.29 is 5.11 Å². The fraction of sp³-hybridized carbons (Fsp3) is 0.588. The average Bonchev–Trinajstić information content (AvgIpc) is 2.48. The number of hydrogen-bond acceptors (Lipinski definition) is 3. The van der Waals surface area contributed by atoms with Crippen LogP contribution in [0.2, 0.25) is 0 Å². The van der Waals surface area contributed by atoms with Crippen molar-refractivity contribution in [2.45, 2.75) is 51.7 Å². The first-order valence-electron chi connectivity index (χ1n) is 7.47. The maximum absolute atomic E-state index is 10.2. The number of nitrogens with zero attached hydrogens (tertiary/aromatic N) is 1. The van der Waals surface area contributed by atoms with Crippen molar-refractivity contribution in [1.29, 1.82) is 5.26 Å². The molecule has 1 aliphatic carbocycles. The molecule has 2 rings (SSSR count). The molecule has 3 unspecified atom stereocenters. The van der Waals surface area contributed by atoms with E-state index in [0.717, 1.165) is 31.4 Å². The van der Waals surface area contributed by atoms with Crippen molar-refractivity contribution >= 4 is 0 Å². The number of aliphatic hydroxyl groups is 1. The number of nitriles is 1. The van der Waals surface area contributed by atoms with Crippen LogP contribution in [0.5, 0.6) is 0 Å². The summed E-state index contributed by atoms with van der Waals surface area (Å²) in [6.07, 6.45) is 4.12. The minimum Gasteiger partial charge on any atom is -0.393 e. The van der Waals surface area contributed by atoms with E-state index in [-0.39, 0.29) is 17.6 Å². The highest BCUT2D eigenvalue weighted by atomic mass is 16.3. The fourth-order valence-corrected chi connectivity index (χ4v) is 2.97. The van der Waals surface area contributed by atoms with E-state index < -0.39 is 0 Å². The Balaban J connectivity index is 1.97. The average molecular weight is 272 g/mol. The Hall–Kier alpha value is -1.37. The highest BCUT2D eigenvalue weighted by Crippen LogP contribution is 2.36. The lowest BCUT2D eigenvalue weighted by molar-refractivity contribution is -0.0000129. The molecule has 0 saturated heterocycles. The van der Waals surface area contributed by atoms with E-state index in [4.69, 9.17) is 5.26 Å². The summed E-state index contributed by atoms with van der Waals surface area (Å²) < 4.78 is 0. The van der Waals surface area contributed by atoms with Crippen LogP contribution in [0.3, 0.4) is 0 Å².